The van der Waals surface area contributed by atoms with Gasteiger partial charge in [0.2, 0.25) is 0 Å². The maximum absolute atomic E-state index is 12.7. The number of carbonyl (C=O) groups excluding carboxylic acids is 2. The molecule has 136 valence electrons. The summed E-state index contributed by atoms with van der Waals surface area (Å²) in [6.45, 7) is 4.17. The number of carbonyl (C=O) groups is 2. The molecule has 0 aliphatic carbocycles. The van der Waals surface area contributed by atoms with E-state index in [1.54, 1.807) is 6.07 Å². The molecule has 0 bridgehead atoms. The largest absolute Gasteiger partial charge is 0.461 e. The summed E-state index contributed by atoms with van der Waals surface area (Å²) in [4.78, 5) is 41.3. The lowest BCUT2D eigenvalue weighted by Gasteiger charge is -2.14. The normalized spacial score (nSPS) is 13.2. The van der Waals surface area contributed by atoms with Gasteiger partial charge in [0.15, 0.2) is 5.69 Å². The van der Waals surface area contributed by atoms with Crippen LogP contribution in [0.4, 0.5) is 5.69 Å². The highest BCUT2D eigenvalue weighted by atomic mass is 16.6. The van der Waals surface area contributed by atoms with Crippen molar-refractivity contribution in [1.29, 1.82) is 0 Å². The number of benzene rings is 1. The van der Waals surface area contributed by atoms with Crippen molar-refractivity contribution in [3.63, 3.8) is 0 Å². The zero-order valence-corrected chi connectivity index (χ0v) is 14.6. The van der Waals surface area contributed by atoms with Gasteiger partial charge in [0.05, 0.1) is 29.5 Å². The minimum Gasteiger partial charge on any atom is -0.461 e. The summed E-state index contributed by atoms with van der Waals surface area (Å²) in [5.74, 6) is -0.896. The third-order valence-electron chi connectivity index (χ3n) is 4.03. The van der Waals surface area contributed by atoms with Crippen molar-refractivity contribution in [3.8, 4) is 5.69 Å². The highest BCUT2D eigenvalue weighted by Gasteiger charge is 2.33. The van der Waals surface area contributed by atoms with Crippen LogP contribution in [0.2, 0.25) is 0 Å². The standard InChI is InChI=1S/C17H18N4O5/c1-10(2)8-26-17(23)15-13-7-19(3)16(22)14-11(20(13)9-18-15)5-4-6-12(14)21(24)25/h4-6,9-10H,7-8H2,1-3H3. The quantitative estimate of drug-likeness (QED) is 0.471. The smallest absolute Gasteiger partial charge is 0.358 e. The lowest BCUT2D eigenvalue weighted by Crippen LogP contribution is -2.26. The highest BCUT2D eigenvalue weighted by Crippen LogP contribution is 2.31. The molecule has 9 heteroatoms. The molecule has 0 N–H and O–H groups in total. The van der Waals surface area contributed by atoms with Gasteiger partial charge < -0.3 is 9.64 Å². The number of aromatic nitrogens is 2. The van der Waals surface area contributed by atoms with Crippen LogP contribution < -0.4 is 0 Å². The van der Waals surface area contributed by atoms with E-state index < -0.39 is 16.8 Å². The number of nitro benzene ring substituents is 1. The molecule has 2 aromatic rings. The SMILES string of the molecule is CC(C)COC(=O)c1ncn2c1CN(C)C(=O)c1c-2cccc1[N+](=O)[O-]. The number of nitro groups is 1. The van der Waals surface area contributed by atoms with Gasteiger partial charge in [0.1, 0.15) is 11.9 Å². The minimum atomic E-state index is -0.593. The molecule has 1 aliphatic heterocycles. The molecular formula is C17H18N4O5. The van der Waals surface area contributed by atoms with E-state index >= 15 is 0 Å². The number of fused-ring (bicyclic) bond motifs is 3. The number of hydrogen-bond donors (Lipinski definition) is 0. The topological polar surface area (TPSA) is 108 Å². The fraction of sp³-hybridized carbons (Fsp3) is 0.353. The van der Waals surface area contributed by atoms with E-state index in [1.165, 1.54) is 35.0 Å². The third-order valence-corrected chi connectivity index (χ3v) is 4.03. The summed E-state index contributed by atoms with van der Waals surface area (Å²) in [6.07, 6.45) is 1.39. The lowest BCUT2D eigenvalue weighted by atomic mass is 10.1. The van der Waals surface area contributed by atoms with Crippen molar-refractivity contribution in [1.82, 2.24) is 14.5 Å². The van der Waals surface area contributed by atoms with Gasteiger partial charge in [-0.15, -0.1) is 0 Å². The molecule has 0 unspecified atom stereocenters. The molecule has 0 fully saturated rings. The first-order valence-electron chi connectivity index (χ1n) is 8.07. The summed E-state index contributed by atoms with van der Waals surface area (Å²) >= 11 is 0. The van der Waals surface area contributed by atoms with Crippen molar-refractivity contribution in [2.45, 2.75) is 20.4 Å². The van der Waals surface area contributed by atoms with Crippen LogP contribution in [-0.2, 0) is 11.3 Å². The van der Waals surface area contributed by atoms with Gasteiger partial charge in [-0.05, 0) is 12.0 Å². The number of esters is 1. The zero-order valence-electron chi connectivity index (χ0n) is 14.6. The average molecular weight is 358 g/mol. The Kier molecular flexibility index (Phi) is 4.45. The van der Waals surface area contributed by atoms with Gasteiger partial charge in [0, 0.05) is 13.1 Å². The Morgan fingerprint density at radius 2 is 2.15 bits per heavy atom. The monoisotopic (exact) mass is 358 g/mol. The summed E-state index contributed by atoms with van der Waals surface area (Å²) in [5, 5.41) is 11.3. The Morgan fingerprint density at radius 1 is 1.42 bits per heavy atom. The van der Waals surface area contributed by atoms with E-state index in [0.717, 1.165) is 0 Å². The number of imidazole rings is 1. The van der Waals surface area contributed by atoms with E-state index in [-0.39, 0.29) is 36.0 Å². The van der Waals surface area contributed by atoms with Crippen LogP contribution in [0, 0.1) is 16.0 Å². The fourth-order valence-corrected chi connectivity index (χ4v) is 2.80. The summed E-state index contributed by atoms with van der Waals surface area (Å²) in [5.41, 5.74) is 0.556. The molecule has 1 amide bonds. The van der Waals surface area contributed by atoms with Crippen molar-refractivity contribution >= 4 is 17.6 Å². The molecule has 2 heterocycles. The van der Waals surface area contributed by atoms with Gasteiger partial charge in [-0.2, -0.15) is 0 Å². The van der Waals surface area contributed by atoms with Crippen LogP contribution >= 0.6 is 0 Å². The second-order valence-corrected chi connectivity index (χ2v) is 6.49. The van der Waals surface area contributed by atoms with Crippen LogP contribution in [0.15, 0.2) is 24.5 Å². The predicted octanol–water partition coefficient (Wildman–Crippen LogP) is 2.18. The maximum Gasteiger partial charge on any atom is 0.358 e. The lowest BCUT2D eigenvalue weighted by molar-refractivity contribution is -0.385. The van der Waals surface area contributed by atoms with E-state index in [4.69, 9.17) is 4.74 Å². The van der Waals surface area contributed by atoms with Crippen molar-refractivity contribution in [2.24, 2.45) is 5.92 Å². The zero-order chi connectivity index (χ0) is 19.0. The molecule has 0 radical (unpaired) electrons. The number of nitrogens with zero attached hydrogens (tertiary/aromatic N) is 4. The van der Waals surface area contributed by atoms with Crippen LogP contribution in [-0.4, -0.2) is 44.9 Å². The van der Waals surface area contributed by atoms with E-state index in [1.807, 2.05) is 13.8 Å². The molecule has 0 atom stereocenters. The Hall–Kier alpha value is -3.23. The average Bonchev–Trinajstić information content (AvgIpc) is 2.97. The first-order chi connectivity index (χ1) is 12.3. The van der Waals surface area contributed by atoms with Crippen LogP contribution in [0.1, 0.15) is 40.4 Å². The Balaban J connectivity index is 2.14. The molecule has 0 saturated carbocycles. The Labute approximate surface area is 149 Å². The third kappa shape index (κ3) is 2.92. The van der Waals surface area contributed by atoms with E-state index in [2.05, 4.69) is 4.98 Å². The first kappa shape index (κ1) is 17.6. The second-order valence-electron chi connectivity index (χ2n) is 6.49. The van der Waals surface area contributed by atoms with E-state index in [0.29, 0.717) is 11.4 Å². The molecular weight excluding hydrogens is 340 g/mol. The Morgan fingerprint density at radius 3 is 2.81 bits per heavy atom. The molecule has 3 rings (SSSR count). The first-order valence-corrected chi connectivity index (χ1v) is 8.07. The molecule has 9 nitrogen and oxygen atoms in total. The fourth-order valence-electron chi connectivity index (χ4n) is 2.80. The molecule has 0 spiro atoms. The predicted molar refractivity (Wildman–Crippen MR) is 91.1 cm³/mol. The molecule has 1 aromatic carbocycles. The summed E-state index contributed by atoms with van der Waals surface area (Å²) in [6, 6.07) is 4.37. The van der Waals surface area contributed by atoms with Gasteiger partial charge >= 0.3 is 5.97 Å². The summed E-state index contributed by atoms with van der Waals surface area (Å²) < 4.78 is 6.78. The van der Waals surface area contributed by atoms with Gasteiger partial charge in [0.25, 0.3) is 11.6 Å². The van der Waals surface area contributed by atoms with Crippen LogP contribution in [0.3, 0.4) is 0 Å². The van der Waals surface area contributed by atoms with Gasteiger partial charge in [-0.1, -0.05) is 19.9 Å². The number of hydrogen-bond acceptors (Lipinski definition) is 6. The number of ether oxygens (including phenoxy) is 1. The van der Waals surface area contributed by atoms with Crippen LogP contribution in [0.5, 0.6) is 0 Å². The van der Waals surface area contributed by atoms with Crippen LogP contribution in [0.25, 0.3) is 5.69 Å². The maximum atomic E-state index is 12.7. The molecule has 0 saturated heterocycles. The summed E-state index contributed by atoms with van der Waals surface area (Å²) in [7, 11) is 1.52. The molecule has 26 heavy (non-hydrogen) atoms. The number of rotatable bonds is 4. The second kappa shape index (κ2) is 6.58. The van der Waals surface area contributed by atoms with Crippen molar-refractivity contribution < 1.29 is 19.2 Å². The number of amides is 1. The Bertz CT molecular complexity index is 903. The van der Waals surface area contributed by atoms with Gasteiger partial charge in [-0.25, -0.2) is 9.78 Å². The molecule has 1 aliphatic rings. The minimum absolute atomic E-state index is 0.0294. The highest BCUT2D eigenvalue weighted by molar-refractivity contribution is 6.02. The van der Waals surface area contributed by atoms with E-state index in [9.17, 15) is 19.7 Å². The van der Waals surface area contributed by atoms with Crippen molar-refractivity contribution in [3.05, 3.63) is 51.6 Å². The van der Waals surface area contributed by atoms with Crippen molar-refractivity contribution in [2.75, 3.05) is 13.7 Å². The molecule has 1 aromatic heterocycles. The van der Waals surface area contributed by atoms with Gasteiger partial charge in [-0.3, -0.25) is 19.5 Å².